The number of rotatable bonds is 4. The first kappa shape index (κ1) is 19.5. The fourth-order valence-electron chi connectivity index (χ4n) is 3.01. The molecule has 4 rings (SSSR count). The number of hydrogen-bond donors (Lipinski definition) is 2. The van der Waals surface area contributed by atoms with Crippen LogP contribution in [0.2, 0.25) is 0 Å². The summed E-state index contributed by atoms with van der Waals surface area (Å²) in [6, 6.07) is 10.4. The van der Waals surface area contributed by atoms with Crippen molar-refractivity contribution in [2.45, 2.75) is 12.0 Å². The summed E-state index contributed by atoms with van der Waals surface area (Å²) in [5, 5.41) is 3.89. The molecule has 0 radical (unpaired) electrons. The number of aryl methyl sites for hydroxylation is 1. The molecule has 1 aliphatic rings. The highest BCUT2D eigenvalue weighted by atomic mass is 35.5. The Labute approximate surface area is 164 Å². The lowest BCUT2D eigenvalue weighted by molar-refractivity contribution is 0.484. The van der Waals surface area contributed by atoms with Crippen LogP contribution in [0.4, 0.5) is 11.5 Å². The molecule has 1 fully saturated rings. The second kappa shape index (κ2) is 7.75. The minimum atomic E-state index is -3.81. The smallest absolute Gasteiger partial charge is 0.295 e. The largest absolute Gasteiger partial charge is 0.443 e. The van der Waals surface area contributed by atoms with Gasteiger partial charge in [0, 0.05) is 44.1 Å². The van der Waals surface area contributed by atoms with Gasteiger partial charge in [0.15, 0.2) is 0 Å². The van der Waals surface area contributed by atoms with Crippen LogP contribution >= 0.6 is 12.4 Å². The van der Waals surface area contributed by atoms with Gasteiger partial charge in [-0.3, -0.25) is 4.72 Å². The molecule has 0 bridgehead atoms. The van der Waals surface area contributed by atoms with E-state index in [4.69, 9.17) is 4.42 Å². The number of anilines is 2. The summed E-state index contributed by atoms with van der Waals surface area (Å²) in [5.41, 5.74) is 2.07. The summed E-state index contributed by atoms with van der Waals surface area (Å²) >= 11 is 0. The first-order chi connectivity index (χ1) is 12.5. The fourth-order valence-corrected chi connectivity index (χ4v) is 4.03. The van der Waals surface area contributed by atoms with E-state index in [1.807, 2.05) is 19.1 Å². The van der Waals surface area contributed by atoms with Crippen LogP contribution in [0.25, 0.3) is 11.0 Å². The third-order valence-corrected chi connectivity index (χ3v) is 5.62. The van der Waals surface area contributed by atoms with Crippen molar-refractivity contribution in [2.24, 2.45) is 0 Å². The zero-order valence-electron chi connectivity index (χ0n) is 14.8. The number of fused-ring (bicyclic) bond motifs is 1. The van der Waals surface area contributed by atoms with Gasteiger partial charge in [0.2, 0.25) is 5.09 Å². The van der Waals surface area contributed by atoms with Gasteiger partial charge >= 0.3 is 0 Å². The summed E-state index contributed by atoms with van der Waals surface area (Å²) in [4.78, 5) is 6.58. The number of nitrogens with zero attached hydrogens (tertiary/aromatic N) is 2. The molecule has 9 heteroatoms. The van der Waals surface area contributed by atoms with Gasteiger partial charge in [-0.15, -0.1) is 12.4 Å². The van der Waals surface area contributed by atoms with Crippen molar-refractivity contribution in [1.29, 1.82) is 0 Å². The minimum Gasteiger partial charge on any atom is -0.443 e. The molecule has 144 valence electrons. The highest BCUT2D eigenvalue weighted by molar-refractivity contribution is 7.92. The lowest BCUT2D eigenvalue weighted by atomic mass is 10.2. The lowest BCUT2D eigenvalue weighted by Gasteiger charge is -2.28. The zero-order chi connectivity index (χ0) is 18.1. The number of piperazine rings is 1. The van der Waals surface area contributed by atoms with E-state index in [1.54, 1.807) is 30.5 Å². The molecule has 2 aromatic heterocycles. The summed E-state index contributed by atoms with van der Waals surface area (Å²) in [6.45, 7) is 5.33. The molecule has 1 saturated heterocycles. The van der Waals surface area contributed by atoms with Gasteiger partial charge in [-0.05, 0) is 25.1 Å². The molecule has 3 heterocycles. The molecule has 7 nitrogen and oxygen atoms in total. The molecule has 0 unspecified atom stereocenters. The maximum atomic E-state index is 12.7. The van der Waals surface area contributed by atoms with Crippen molar-refractivity contribution >= 4 is 44.9 Å². The van der Waals surface area contributed by atoms with Crippen LogP contribution in [0.15, 0.2) is 52.1 Å². The molecular formula is C18H21ClN4O3S. The van der Waals surface area contributed by atoms with E-state index in [2.05, 4.69) is 19.9 Å². The van der Waals surface area contributed by atoms with Crippen LogP contribution < -0.4 is 14.9 Å². The van der Waals surface area contributed by atoms with Crippen molar-refractivity contribution in [3.05, 3.63) is 48.2 Å². The molecule has 3 aromatic rings. The van der Waals surface area contributed by atoms with Crippen LogP contribution in [-0.2, 0) is 10.0 Å². The summed E-state index contributed by atoms with van der Waals surface area (Å²) < 4.78 is 33.6. The van der Waals surface area contributed by atoms with Gasteiger partial charge in [0.1, 0.15) is 11.4 Å². The normalized spacial score (nSPS) is 14.8. The average Bonchev–Trinajstić information content (AvgIpc) is 3.09. The number of aromatic nitrogens is 1. The van der Waals surface area contributed by atoms with Crippen LogP contribution in [0.1, 0.15) is 5.56 Å². The molecule has 27 heavy (non-hydrogen) atoms. The molecule has 0 atom stereocenters. The van der Waals surface area contributed by atoms with E-state index in [0.29, 0.717) is 16.7 Å². The Morgan fingerprint density at radius 3 is 2.56 bits per heavy atom. The Kier molecular flexibility index (Phi) is 5.59. The SMILES string of the molecule is Cc1ccc(NS(=O)(=O)c2cc3c(N4CCNCC4)nccc3o2)cc1.Cl. The standard InChI is InChI=1S/C18H20N4O3S.ClH/c1-13-2-4-14(5-3-13)21-26(23,24)17-12-15-16(25-17)6-7-20-18(15)22-10-8-19-9-11-22;/h2-7,12,19,21H,8-11H2,1H3;1H. The van der Waals surface area contributed by atoms with E-state index >= 15 is 0 Å². The van der Waals surface area contributed by atoms with Gasteiger partial charge in [-0.2, -0.15) is 8.42 Å². The minimum absolute atomic E-state index is 0. The molecule has 0 spiro atoms. The quantitative estimate of drug-likeness (QED) is 0.690. The summed E-state index contributed by atoms with van der Waals surface area (Å²) in [6.07, 6.45) is 1.65. The van der Waals surface area contributed by atoms with E-state index < -0.39 is 10.0 Å². The van der Waals surface area contributed by atoms with Gasteiger partial charge in [0.25, 0.3) is 10.0 Å². The van der Waals surface area contributed by atoms with Crippen LogP contribution in [0, 0.1) is 6.92 Å². The van der Waals surface area contributed by atoms with Gasteiger partial charge in [-0.1, -0.05) is 17.7 Å². The van der Waals surface area contributed by atoms with Crippen LogP contribution in [0.5, 0.6) is 0 Å². The summed E-state index contributed by atoms with van der Waals surface area (Å²) in [5.74, 6) is 0.754. The van der Waals surface area contributed by atoms with Crippen molar-refractivity contribution < 1.29 is 12.8 Å². The fraction of sp³-hybridized carbons (Fsp3) is 0.278. The predicted molar refractivity (Wildman–Crippen MR) is 108 cm³/mol. The first-order valence-electron chi connectivity index (χ1n) is 8.47. The number of halogens is 1. The molecular weight excluding hydrogens is 388 g/mol. The molecule has 0 saturated carbocycles. The molecule has 0 amide bonds. The number of furan rings is 1. The van der Waals surface area contributed by atoms with E-state index in [1.165, 1.54) is 0 Å². The number of sulfonamides is 1. The van der Waals surface area contributed by atoms with Crippen molar-refractivity contribution in [3.63, 3.8) is 0 Å². The third kappa shape index (κ3) is 4.02. The molecule has 1 aliphatic heterocycles. The Hall–Kier alpha value is -2.29. The van der Waals surface area contributed by atoms with Gasteiger partial charge < -0.3 is 14.6 Å². The number of benzene rings is 1. The third-order valence-electron chi connectivity index (χ3n) is 4.39. The Balaban J connectivity index is 0.00000210. The Morgan fingerprint density at radius 1 is 1.15 bits per heavy atom. The van der Waals surface area contributed by atoms with Crippen LogP contribution in [0.3, 0.4) is 0 Å². The number of pyridine rings is 1. The molecule has 1 aromatic carbocycles. The summed E-state index contributed by atoms with van der Waals surface area (Å²) in [7, 11) is -3.81. The maximum absolute atomic E-state index is 12.7. The topological polar surface area (TPSA) is 87.5 Å². The Morgan fingerprint density at radius 2 is 1.85 bits per heavy atom. The van der Waals surface area contributed by atoms with Crippen molar-refractivity contribution in [3.8, 4) is 0 Å². The highest BCUT2D eigenvalue weighted by Crippen LogP contribution is 2.30. The monoisotopic (exact) mass is 408 g/mol. The second-order valence-electron chi connectivity index (χ2n) is 6.32. The van der Waals surface area contributed by atoms with Crippen molar-refractivity contribution in [1.82, 2.24) is 10.3 Å². The average molecular weight is 409 g/mol. The predicted octanol–water partition coefficient (Wildman–Crippen LogP) is 2.77. The first-order valence-corrected chi connectivity index (χ1v) is 9.95. The molecule has 0 aliphatic carbocycles. The van der Waals surface area contributed by atoms with Gasteiger partial charge in [-0.25, -0.2) is 4.98 Å². The van der Waals surface area contributed by atoms with E-state index in [0.717, 1.165) is 37.6 Å². The number of nitrogens with one attached hydrogen (secondary N) is 2. The van der Waals surface area contributed by atoms with Crippen molar-refractivity contribution in [2.75, 3.05) is 35.8 Å². The maximum Gasteiger partial charge on any atom is 0.295 e. The highest BCUT2D eigenvalue weighted by Gasteiger charge is 2.23. The Bertz CT molecular complexity index is 1030. The number of hydrogen-bond acceptors (Lipinski definition) is 6. The molecule has 2 N–H and O–H groups in total. The second-order valence-corrected chi connectivity index (χ2v) is 7.93. The van der Waals surface area contributed by atoms with Crippen LogP contribution in [-0.4, -0.2) is 39.6 Å². The van der Waals surface area contributed by atoms with E-state index in [-0.39, 0.29) is 17.5 Å². The lowest BCUT2D eigenvalue weighted by Crippen LogP contribution is -2.43. The van der Waals surface area contributed by atoms with E-state index in [9.17, 15) is 8.42 Å². The zero-order valence-corrected chi connectivity index (χ0v) is 16.4. The van der Waals surface area contributed by atoms with Gasteiger partial charge in [0.05, 0.1) is 5.39 Å².